The lowest BCUT2D eigenvalue weighted by Gasteiger charge is -2.45. The lowest BCUT2D eigenvalue weighted by molar-refractivity contribution is -0.289. The van der Waals surface area contributed by atoms with E-state index in [0.29, 0.717) is 57.4 Å². The number of cyclic esters (lactones) is 1. The number of benzene rings is 1. The van der Waals surface area contributed by atoms with E-state index >= 15 is 0 Å². The molecule has 3 aliphatic rings. The Morgan fingerprint density at radius 3 is 2.50 bits per heavy atom. The zero-order valence-electron chi connectivity index (χ0n) is 35.3. The number of ether oxygens (including phenoxy) is 5. The number of anilines is 1. The standard InChI is InChI=1S/C41H66N8O9/c1-9-32-41(7)35(49(39(53)58-41)16-11-10-15-48-22-31(46-47-48)27-13-12-14-28(43)17-27)26(5)45-21-23(2)19-40(6,54-8)36(24(3)33(50)25(4)37(52)56-32)57-38-34(51)30(44)18-29(20-42)55-38/h12-14,17,22-26,29-30,32,34-36,38,45,51H,9-11,15-16,18-21,42-44H2,1-8H3/t23-,24+,25-,26-,29+,30?,32-,34?,35-,36-,38+,40-,41-/m1/s1. The summed E-state index contributed by atoms with van der Waals surface area (Å²) in [6.45, 7) is 14.4. The summed E-state index contributed by atoms with van der Waals surface area (Å²) >= 11 is 0. The molecular weight excluding hydrogens is 748 g/mol. The topological polar surface area (TPSA) is 242 Å². The van der Waals surface area contributed by atoms with E-state index in [2.05, 4.69) is 22.6 Å². The van der Waals surface area contributed by atoms with E-state index in [0.717, 1.165) is 11.3 Å². The van der Waals surface area contributed by atoms with Crippen LogP contribution >= 0.6 is 0 Å². The first kappa shape index (κ1) is 45.4. The first-order valence-corrected chi connectivity index (χ1v) is 20.7. The molecule has 1 aromatic carbocycles. The highest BCUT2D eigenvalue weighted by Gasteiger charge is 2.58. The van der Waals surface area contributed by atoms with E-state index < -0.39 is 83.7 Å². The van der Waals surface area contributed by atoms with E-state index in [1.807, 2.05) is 51.2 Å². The number of nitrogen functional groups attached to an aromatic ring is 1. The van der Waals surface area contributed by atoms with Gasteiger partial charge in [-0.15, -0.1) is 5.10 Å². The molecular formula is C41H66N8O9. The van der Waals surface area contributed by atoms with Crippen LogP contribution in [0.15, 0.2) is 30.5 Å². The van der Waals surface area contributed by atoms with Crippen molar-refractivity contribution in [2.45, 2.75) is 147 Å². The Hall–Kier alpha value is -3.71. The molecule has 0 saturated carbocycles. The number of carbonyl (C=O) groups is 3. The predicted molar refractivity (Wildman–Crippen MR) is 216 cm³/mol. The maximum atomic E-state index is 14.3. The number of ketones is 1. The Morgan fingerprint density at radius 1 is 1.10 bits per heavy atom. The molecule has 0 bridgehead atoms. The maximum absolute atomic E-state index is 14.3. The summed E-state index contributed by atoms with van der Waals surface area (Å²) in [6, 6.07) is 5.97. The van der Waals surface area contributed by atoms with E-state index in [1.54, 1.807) is 30.5 Å². The van der Waals surface area contributed by atoms with Crippen molar-refractivity contribution < 1.29 is 43.2 Å². The third kappa shape index (κ3) is 9.83. The summed E-state index contributed by atoms with van der Waals surface area (Å²) in [5.41, 5.74) is 18.0. The SMILES string of the molecule is CC[C@H]1OC(=O)[C@H](C)C(=O)[C@H](C)[C@@H](O[C@@H]2O[C@H](CN)CC(N)C2O)[C@](C)(OC)C[C@@H](C)CN[C@H](C)[C@H]2N(CCCCn3cc(-c4cccc(N)c4)nn3)C(=O)O[C@]12C. The van der Waals surface area contributed by atoms with Crippen LogP contribution in [0.3, 0.4) is 0 Å². The van der Waals surface area contributed by atoms with Crippen molar-refractivity contribution in [3.63, 3.8) is 0 Å². The first-order chi connectivity index (χ1) is 27.5. The highest BCUT2D eigenvalue weighted by Crippen LogP contribution is 2.40. The second-order valence-corrected chi connectivity index (χ2v) is 17.0. The third-order valence-electron chi connectivity index (χ3n) is 12.4. The predicted octanol–water partition coefficient (Wildman–Crippen LogP) is 2.62. The summed E-state index contributed by atoms with van der Waals surface area (Å²) in [4.78, 5) is 43.8. The average molecular weight is 815 g/mol. The van der Waals surface area contributed by atoms with Crippen LogP contribution < -0.4 is 22.5 Å². The summed E-state index contributed by atoms with van der Waals surface area (Å²) in [7, 11) is 1.55. The van der Waals surface area contributed by atoms with Gasteiger partial charge in [0.15, 0.2) is 17.7 Å². The number of rotatable bonds is 11. The molecule has 3 aliphatic heterocycles. The van der Waals surface area contributed by atoms with Gasteiger partial charge in [-0.3, -0.25) is 19.2 Å². The lowest BCUT2D eigenvalue weighted by Crippen LogP contribution is -2.61. The number of aromatic nitrogens is 3. The van der Waals surface area contributed by atoms with Crippen molar-refractivity contribution in [1.82, 2.24) is 25.2 Å². The minimum absolute atomic E-state index is 0.0444. The number of nitrogens with two attached hydrogens (primary N) is 3. The van der Waals surface area contributed by atoms with Gasteiger partial charge in [0.05, 0.1) is 30.0 Å². The molecule has 17 heteroatoms. The zero-order valence-corrected chi connectivity index (χ0v) is 35.3. The van der Waals surface area contributed by atoms with Gasteiger partial charge in [-0.2, -0.15) is 0 Å². The van der Waals surface area contributed by atoms with E-state index in [9.17, 15) is 19.5 Å². The van der Waals surface area contributed by atoms with Gasteiger partial charge in [0.2, 0.25) is 0 Å². The van der Waals surface area contributed by atoms with Gasteiger partial charge >= 0.3 is 12.1 Å². The fraction of sp³-hybridized carbons (Fsp3) is 0.732. The molecule has 0 aliphatic carbocycles. The number of aryl methyl sites for hydroxylation is 1. The van der Waals surface area contributed by atoms with Gasteiger partial charge in [0.25, 0.3) is 0 Å². The van der Waals surface area contributed by atoms with Crippen LogP contribution in [0.1, 0.15) is 80.6 Å². The average Bonchev–Trinajstić information content (AvgIpc) is 3.78. The molecule has 0 radical (unpaired) electrons. The van der Waals surface area contributed by atoms with Crippen LogP contribution in [0.4, 0.5) is 10.5 Å². The molecule has 3 saturated heterocycles. The Labute approximate surface area is 341 Å². The van der Waals surface area contributed by atoms with Gasteiger partial charge in [0, 0.05) is 56.0 Å². The van der Waals surface area contributed by atoms with E-state index in [-0.39, 0.29) is 18.5 Å². The van der Waals surface area contributed by atoms with Crippen LogP contribution in [0.2, 0.25) is 0 Å². The number of Topliss-reactive ketones (excluding diaryl/α,β-unsaturated/α-hetero) is 1. The van der Waals surface area contributed by atoms with E-state index in [4.69, 9.17) is 40.9 Å². The summed E-state index contributed by atoms with van der Waals surface area (Å²) in [6.07, 6.45) is -0.837. The number of nitrogens with zero attached hydrogens (tertiary/aromatic N) is 4. The molecule has 324 valence electrons. The van der Waals surface area contributed by atoms with Crippen molar-refractivity contribution in [2.75, 3.05) is 32.5 Å². The number of aliphatic hydroxyl groups is 1. The third-order valence-corrected chi connectivity index (χ3v) is 12.4. The molecule has 4 heterocycles. The molecule has 3 fully saturated rings. The second kappa shape index (κ2) is 19.1. The molecule has 0 spiro atoms. The quantitative estimate of drug-likeness (QED) is 0.0948. The largest absolute Gasteiger partial charge is 0.458 e. The number of unbranched alkanes of at least 4 members (excludes halogenated alkanes) is 1. The van der Waals surface area contributed by atoms with Gasteiger partial charge in [0.1, 0.15) is 23.8 Å². The number of nitrogens with one attached hydrogen (secondary N) is 1. The van der Waals surface area contributed by atoms with Crippen LogP contribution in [-0.2, 0) is 39.8 Å². The highest BCUT2D eigenvalue weighted by molar-refractivity contribution is 6.00. The van der Waals surface area contributed by atoms with Gasteiger partial charge in [-0.05, 0) is 84.4 Å². The molecule has 13 atom stereocenters. The first-order valence-electron chi connectivity index (χ1n) is 20.7. The van der Waals surface area contributed by atoms with Crippen LogP contribution in [0.25, 0.3) is 11.3 Å². The summed E-state index contributed by atoms with van der Waals surface area (Å²) in [5, 5.41) is 23.3. The van der Waals surface area contributed by atoms with Crippen molar-refractivity contribution in [2.24, 2.45) is 29.2 Å². The Morgan fingerprint density at radius 2 is 1.83 bits per heavy atom. The summed E-state index contributed by atoms with van der Waals surface area (Å²) < 4.78 is 32.9. The van der Waals surface area contributed by atoms with E-state index in [1.165, 1.54) is 6.92 Å². The Kier molecular flexibility index (Phi) is 15.0. The minimum atomic E-state index is -1.25. The molecule has 5 rings (SSSR count). The van der Waals surface area contributed by atoms with Crippen molar-refractivity contribution in [3.8, 4) is 11.3 Å². The molecule has 58 heavy (non-hydrogen) atoms. The molecule has 1 aromatic heterocycles. The Balaban J connectivity index is 1.37. The van der Waals surface area contributed by atoms with Crippen LogP contribution in [0, 0.1) is 17.8 Å². The van der Waals surface area contributed by atoms with Gasteiger partial charge in [-0.25, -0.2) is 4.79 Å². The number of aliphatic hydroxyl groups excluding tert-OH is 1. The number of hydrogen-bond donors (Lipinski definition) is 5. The number of methoxy groups -OCH3 is 1. The van der Waals surface area contributed by atoms with Gasteiger partial charge in [-0.1, -0.05) is 38.1 Å². The smallest absolute Gasteiger partial charge is 0.410 e. The molecule has 2 aromatic rings. The zero-order chi connectivity index (χ0) is 42.5. The van der Waals surface area contributed by atoms with Crippen molar-refractivity contribution >= 4 is 23.5 Å². The second-order valence-electron chi connectivity index (χ2n) is 17.0. The molecule has 17 nitrogen and oxygen atoms in total. The van der Waals surface area contributed by atoms with Gasteiger partial charge < -0.3 is 51.3 Å². The maximum Gasteiger partial charge on any atom is 0.410 e. The lowest BCUT2D eigenvalue weighted by atomic mass is 9.78. The van der Waals surface area contributed by atoms with Crippen LogP contribution in [0.5, 0.6) is 0 Å². The Bertz CT molecular complexity index is 1710. The monoisotopic (exact) mass is 814 g/mol. The number of esters is 1. The number of amides is 1. The molecule has 8 N–H and O–H groups in total. The van der Waals surface area contributed by atoms with Crippen molar-refractivity contribution in [1.29, 1.82) is 0 Å². The number of fused-ring (bicyclic) bond motifs is 1. The van der Waals surface area contributed by atoms with Crippen LogP contribution in [-0.4, -0.2) is 130 Å². The molecule has 2 unspecified atom stereocenters. The normalized spacial score (nSPS) is 36.8. The summed E-state index contributed by atoms with van der Waals surface area (Å²) in [5.74, 6) is -3.35. The highest BCUT2D eigenvalue weighted by atomic mass is 16.7. The van der Waals surface area contributed by atoms with Crippen molar-refractivity contribution in [3.05, 3.63) is 30.5 Å². The number of hydrogen-bond acceptors (Lipinski definition) is 15. The number of carbonyl (C=O) groups excluding carboxylic acids is 3. The molecule has 1 amide bonds. The fourth-order valence-corrected chi connectivity index (χ4v) is 9.03. The minimum Gasteiger partial charge on any atom is -0.458 e. The fourth-order valence-electron chi connectivity index (χ4n) is 9.03.